The largest absolute Gasteiger partial charge is 0.497 e. The van der Waals surface area contributed by atoms with E-state index in [1.54, 1.807) is 7.11 Å². The molecular formula is C19H24BrNO2. The molecule has 0 amide bonds. The van der Waals surface area contributed by atoms with Gasteiger partial charge in [0.15, 0.2) is 0 Å². The molecular weight excluding hydrogens is 354 g/mol. The van der Waals surface area contributed by atoms with Crippen molar-refractivity contribution in [2.45, 2.75) is 39.3 Å². The van der Waals surface area contributed by atoms with Crippen molar-refractivity contribution in [1.82, 2.24) is 0 Å². The third-order valence-corrected chi connectivity index (χ3v) is 4.29. The first kappa shape index (κ1) is 17.8. The highest BCUT2D eigenvalue weighted by atomic mass is 79.9. The number of rotatable bonds is 5. The molecule has 0 saturated carbocycles. The molecule has 23 heavy (non-hydrogen) atoms. The molecule has 0 atom stereocenters. The van der Waals surface area contributed by atoms with Crippen LogP contribution in [0.5, 0.6) is 11.5 Å². The second-order valence-corrected chi connectivity index (χ2v) is 7.40. The van der Waals surface area contributed by atoms with E-state index in [1.807, 2.05) is 24.3 Å². The second-order valence-electron chi connectivity index (χ2n) is 6.55. The summed E-state index contributed by atoms with van der Waals surface area (Å²) in [4.78, 5) is 0. The van der Waals surface area contributed by atoms with E-state index in [1.165, 1.54) is 0 Å². The summed E-state index contributed by atoms with van der Waals surface area (Å²) in [6.45, 7) is 7.56. The van der Waals surface area contributed by atoms with Crippen LogP contribution < -0.4 is 15.2 Å². The van der Waals surface area contributed by atoms with Crippen molar-refractivity contribution in [3.05, 3.63) is 57.6 Å². The highest BCUT2D eigenvalue weighted by molar-refractivity contribution is 9.10. The molecule has 0 fully saturated rings. The number of nitrogens with two attached hydrogens (primary N) is 1. The third kappa shape index (κ3) is 4.49. The summed E-state index contributed by atoms with van der Waals surface area (Å²) in [7, 11) is 1.67. The SMILES string of the molecule is COc1cc(Br)c(OCc2ccc(CN)cc2)c(C(C)(C)C)c1. The molecule has 0 radical (unpaired) electrons. The Morgan fingerprint density at radius 1 is 1.04 bits per heavy atom. The van der Waals surface area contributed by atoms with Crippen molar-refractivity contribution >= 4 is 15.9 Å². The normalized spacial score (nSPS) is 11.4. The van der Waals surface area contributed by atoms with Crippen LogP contribution in [0.4, 0.5) is 0 Å². The van der Waals surface area contributed by atoms with Crippen LogP contribution >= 0.6 is 15.9 Å². The standard InChI is InChI=1S/C19H24BrNO2/c1-19(2,3)16-9-15(22-4)10-17(20)18(16)23-12-14-7-5-13(11-21)6-8-14/h5-10H,11-12,21H2,1-4H3. The Balaban J connectivity index is 2.27. The number of ether oxygens (including phenoxy) is 2. The van der Waals surface area contributed by atoms with Gasteiger partial charge in [-0.1, -0.05) is 45.0 Å². The van der Waals surface area contributed by atoms with Gasteiger partial charge in [-0.3, -0.25) is 0 Å². The average molecular weight is 378 g/mol. The molecule has 124 valence electrons. The quantitative estimate of drug-likeness (QED) is 0.814. The fourth-order valence-electron chi connectivity index (χ4n) is 2.32. The summed E-state index contributed by atoms with van der Waals surface area (Å²) < 4.78 is 12.4. The van der Waals surface area contributed by atoms with E-state index in [0.717, 1.165) is 32.7 Å². The van der Waals surface area contributed by atoms with Gasteiger partial charge in [0.25, 0.3) is 0 Å². The van der Waals surface area contributed by atoms with Gasteiger partial charge in [-0.25, -0.2) is 0 Å². The van der Waals surface area contributed by atoms with E-state index in [0.29, 0.717) is 13.2 Å². The molecule has 0 saturated heterocycles. The molecule has 2 N–H and O–H groups in total. The molecule has 0 aliphatic rings. The molecule has 0 heterocycles. The molecule has 0 bridgehead atoms. The summed E-state index contributed by atoms with van der Waals surface area (Å²) in [5, 5.41) is 0. The average Bonchev–Trinajstić information content (AvgIpc) is 2.52. The summed E-state index contributed by atoms with van der Waals surface area (Å²) in [5.41, 5.74) is 8.93. The van der Waals surface area contributed by atoms with Crippen molar-refractivity contribution in [3.63, 3.8) is 0 Å². The maximum absolute atomic E-state index is 6.12. The molecule has 0 unspecified atom stereocenters. The Morgan fingerprint density at radius 2 is 1.65 bits per heavy atom. The van der Waals surface area contributed by atoms with E-state index in [2.05, 4.69) is 48.8 Å². The third-order valence-electron chi connectivity index (χ3n) is 3.70. The van der Waals surface area contributed by atoms with Gasteiger partial charge in [0.05, 0.1) is 11.6 Å². The molecule has 2 aromatic carbocycles. The molecule has 2 aromatic rings. The lowest BCUT2D eigenvalue weighted by atomic mass is 9.86. The Labute approximate surface area is 146 Å². The number of hydrogen-bond donors (Lipinski definition) is 1. The van der Waals surface area contributed by atoms with Crippen LogP contribution in [0.2, 0.25) is 0 Å². The lowest BCUT2D eigenvalue weighted by molar-refractivity contribution is 0.294. The Kier molecular flexibility index (Phi) is 5.71. The molecule has 0 aliphatic carbocycles. The maximum Gasteiger partial charge on any atom is 0.137 e. The number of hydrogen-bond acceptors (Lipinski definition) is 3. The van der Waals surface area contributed by atoms with Crippen LogP contribution in [-0.2, 0) is 18.6 Å². The van der Waals surface area contributed by atoms with Gasteiger partial charge in [-0.05, 0) is 44.6 Å². The Hall–Kier alpha value is -1.52. The topological polar surface area (TPSA) is 44.5 Å². The van der Waals surface area contributed by atoms with Gasteiger partial charge >= 0.3 is 0 Å². The highest BCUT2D eigenvalue weighted by Crippen LogP contribution is 2.40. The van der Waals surface area contributed by atoms with Crippen molar-refractivity contribution < 1.29 is 9.47 Å². The minimum atomic E-state index is -0.0458. The van der Waals surface area contributed by atoms with Crippen LogP contribution in [0.25, 0.3) is 0 Å². The Morgan fingerprint density at radius 3 is 2.17 bits per heavy atom. The summed E-state index contributed by atoms with van der Waals surface area (Å²) >= 11 is 3.61. The molecule has 0 aliphatic heterocycles. The molecule has 0 spiro atoms. The van der Waals surface area contributed by atoms with Crippen LogP contribution in [0.15, 0.2) is 40.9 Å². The highest BCUT2D eigenvalue weighted by Gasteiger charge is 2.22. The smallest absolute Gasteiger partial charge is 0.137 e. The zero-order chi connectivity index (χ0) is 17.0. The van der Waals surface area contributed by atoms with E-state index in [9.17, 15) is 0 Å². The number of methoxy groups -OCH3 is 1. The van der Waals surface area contributed by atoms with Gasteiger partial charge in [-0.2, -0.15) is 0 Å². The minimum absolute atomic E-state index is 0.0458. The van der Waals surface area contributed by atoms with Crippen LogP contribution in [-0.4, -0.2) is 7.11 Å². The van der Waals surface area contributed by atoms with E-state index >= 15 is 0 Å². The first-order valence-corrected chi connectivity index (χ1v) is 8.43. The van der Waals surface area contributed by atoms with E-state index in [4.69, 9.17) is 15.2 Å². The molecule has 3 nitrogen and oxygen atoms in total. The molecule has 2 rings (SSSR count). The molecule has 4 heteroatoms. The van der Waals surface area contributed by atoms with Gasteiger partial charge in [0.2, 0.25) is 0 Å². The minimum Gasteiger partial charge on any atom is -0.497 e. The summed E-state index contributed by atoms with van der Waals surface area (Å²) in [6, 6.07) is 12.1. The zero-order valence-corrected chi connectivity index (χ0v) is 15.7. The van der Waals surface area contributed by atoms with Crippen molar-refractivity contribution in [2.75, 3.05) is 7.11 Å². The van der Waals surface area contributed by atoms with Crippen molar-refractivity contribution in [1.29, 1.82) is 0 Å². The molecule has 0 aromatic heterocycles. The first-order chi connectivity index (χ1) is 10.8. The zero-order valence-electron chi connectivity index (χ0n) is 14.2. The number of benzene rings is 2. The van der Waals surface area contributed by atoms with Gasteiger partial charge in [0, 0.05) is 12.1 Å². The predicted octanol–water partition coefficient (Wildman–Crippen LogP) is 4.79. The fourth-order valence-corrected chi connectivity index (χ4v) is 2.87. The van der Waals surface area contributed by atoms with Crippen LogP contribution in [0.3, 0.4) is 0 Å². The predicted molar refractivity (Wildman–Crippen MR) is 98.1 cm³/mol. The van der Waals surface area contributed by atoms with Crippen LogP contribution in [0.1, 0.15) is 37.5 Å². The van der Waals surface area contributed by atoms with Gasteiger partial charge < -0.3 is 15.2 Å². The lowest BCUT2D eigenvalue weighted by Gasteiger charge is -2.24. The van der Waals surface area contributed by atoms with Gasteiger partial charge in [0.1, 0.15) is 18.1 Å². The fraction of sp³-hybridized carbons (Fsp3) is 0.368. The van der Waals surface area contributed by atoms with Crippen molar-refractivity contribution in [3.8, 4) is 11.5 Å². The monoisotopic (exact) mass is 377 g/mol. The summed E-state index contributed by atoms with van der Waals surface area (Å²) in [6.07, 6.45) is 0. The van der Waals surface area contributed by atoms with Crippen LogP contribution in [0, 0.1) is 0 Å². The van der Waals surface area contributed by atoms with Gasteiger partial charge in [-0.15, -0.1) is 0 Å². The lowest BCUT2D eigenvalue weighted by Crippen LogP contribution is -2.14. The summed E-state index contributed by atoms with van der Waals surface area (Å²) in [5.74, 6) is 1.68. The van der Waals surface area contributed by atoms with E-state index < -0.39 is 0 Å². The van der Waals surface area contributed by atoms with Crippen molar-refractivity contribution in [2.24, 2.45) is 5.73 Å². The Bertz CT molecular complexity index is 660. The second kappa shape index (κ2) is 7.37. The van der Waals surface area contributed by atoms with E-state index in [-0.39, 0.29) is 5.41 Å². The number of halogens is 1. The maximum atomic E-state index is 6.12. The first-order valence-electron chi connectivity index (χ1n) is 7.64.